The number of carbonyl (C=O) groups excluding carboxylic acids is 1. The summed E-state index contributed by atoms with van der Waals surface area (Å²) in [5, 5.41) is 0. The highest BCUT2D eigenvalue weighted by Crippen LogP contribution is 2.25. The topological polar surface area (TPSA) is 69.6 Å². The Morgan fingerprint density at radius 2 is 1.78 bits per heavy atom. The second-order valence-electron chi connectivity index (χ2n) is 5.42. The SMILES string of the molecule is COc1ccc(-c2cc(=O)n(NC(=O)c3ccccc3OC)c(=S)s2)cc1. The number of carbonyl (C=O) groups is 1. The number of amides is 1. The normalized spacial score (nSPS) is 10.3. The van der Waals surface area contributed by atoms with Gasteiger partial charge in [-0.25, -0.2) is 0 Å². The third kappa shape index (κ3) is 4.07. The van der Waals surface area contributed by atoms with Gasteiger partial charge in [0, 0.05) is 10.9 Å². The van der Waals surface area contributed by atoms with E-state index in [1.54, 1.807) is 43.5 Å². The number of rotatable bonds is 5. The van der Waals surface area contributed by atoms with Crippen molar-refractivity contribution < 1.29 is 14.3 Å². The summed E-state index contributed by atoms with van der Waals surface area (Å²) >= 11 is 6.54. The zero-order valence-corrected chi connectivity index (χ0v) is 16.2. The molecule has 0 saturated carbocycles. The van der Waals surface area contributed by atoms with Gasteiger partial charge in [-0.2, -0.15) is 4.68 Å². The maximum atomic E-state index is 12.5. The number of para-hydroxylation sites is 1. The Kier molecular flexibility index (Phi) is 5.68. The van der Waals surface area contributed by atoms with Gasteiger partial charge < -0.3 is 9.47 Å². The van der Waals surface area contributed by atoms with Gasteiger partial charge in [-0.05, 0) is 54.2 Å². The quantitative estimate of drug-likeness (QED) is 0.661. The summed E-state index contributed by atoms with van der Waals surface area (Å²) in [6.07, 6.45) is 0. The standard InChI is InChI=1S/C19H16N2O4S2/c1-24-13-9-7-12(8-10-13)16-11-17(22)21(19(26)27-16)20-18(23)14-5-3-4-6-15(14)25-2/h3-11H,1-2H3,(H,20,23). The van der Waals surface area contributed by atoms with Crippen LogP contribution in [-0.4, -0.2) is 24.8 Å². The maximum absolute atomic E-state index is 12.5. The van der Waals surface area contributed by atoms with E-state index in [1.807, 2.05) is 12.1 Å². The third-order valence-electron chi connectivity index (χ3n) is 3.79. The Hall–Kier alpha value is -2.97. The third-order valence-corrected chi connectivity index (χ3v) is 5.16. The predicted molar refractivity (Wildman–Crippen MR) is 108 cm³/mol. The van der Waals surface area contributed by atoms with Crippen LogP contribution in [0.5, 0.6) is 11.5 Å². The smallest absolute Gasteiger partial charge is 0.274 e. The number of nitrogens with zero attached hydrogens (tertiary/aromatic N) is 1. The first kappa shape index (κ1) is 18.8. The molecule has 0 aliphatic carbocycles. The lowest BCUT2D eigenvalue weighted by atomic mass is 10.2. The molecule has 0 atom stereocenters. The van der Waals surface area contributed by atoms with Gasteiger partial charge in [0.2, 0.25) is 0 Å². The van der Waals surface area contributed by atoms with Gasteiger partial charge in [0.15, 0.2) is 3.95 Å². The van der Waals surface area contributed by atoms with Crippen LogP contribution in [0.25, 0.3) is 10.4 Å². The highest BCUT2D eigenvalue weighted by Gasteiger charge is 2.14. The van der Waals surface area contributed by atoms with Crippen molar-refractivity contribution in [2.75, 3.05) is 19.6 Å². The summed E-state index contributed by atoms with van der Waals surface area (Å²) < 4.78 is 11.6. The summed E-state index contributed by atoms with van der Waals surface area (Å²) in [6, 6.07) is 15.5. The molecule has 1 aromatic heterocycles. The van der Waals surface area contributed by atoms with E-state index in [-0.39, 0.29) is 3.95 Å². The number of aromatic nitrogens is 1. The maximum Gasteiger partial charge on any atom is 0.274 e. The summed E-state index contributed by atoms with van der Waals surface area (Å²) in [7, 11) is 3.06. The predicted octanol–water partition coefficient (Wildman–Crippen LogP) is 3.71. The van der Waals surface area contributed by atoms with Crippen LogP contribution in [-0.2, 0) is 0 Å². The van der Waals surface area contributed by atoms with Crippen molar-refractivity contribution >= 4 is 29.5 Å². The second-order valence-corrected chi connectivity index (χ2v) is 7.10. The molecular weight excluding hydrogens is 384 g/mol. The molecule has 3 aromatic rings. The molecule has 2 aromatic carbocycles. The molecule has 0 unspecified atom stereocenters. The van der Waals surface area contributed by atoms with Gasteiger partial charge in [-0.3, -0.25) is 15.0 Å². The largest absolute Gasteiger partial charge is 0.497 e. The first-order valence-corrected chi connectivity index (χ1v) is 9.12. The second kappa shape index (κ2) is 8.15. The monoisotopic (exact) mass is 400 g/mol. The molecular formula is C19H16N2O4S2. The first-order chi connectivity index (χ1) is 13.0. The van der Waals surface area contributed by atoms with Crippen LogP contribution in [0.2, 0.25) is 0 Å². The number of benzene rings is 2. The molecule has 27 heavy (non-hydrogen) atoms. The zero-order valence-electron chi connectivity index (χ0n) is 14.6. The molecule has 0 spiro atoms. The van der Waals surface area contributed by atoms with Crippen LogP contribution < -0.4 is 20.5 Å². The zero-order chi connectivity index (χ0) is 19.4. The first-order valence-electron chi connectivity index (χ1n) is 7.89. The van der Waals surface area contributed by atoms with E-state index in [4.69, 9.17) is 21.7 Å². The van der Waals surface area contributed by atoms with Crippen molar-refractivity contribution in [1.82, 2.24) is 4.68 Å². The highest BCUT2D eigenvalue weighted by molar-refractivity contribution is 7.73. The molecule has 1 heterocycles. The van der Waals surface area contributed by atoms with Crippen LogP contribution in [0, 0.1) is 3.95 Å². The summed E-state index contributed by atoms with van der Waals surface area (Å²) in [5.41, 5.74) is 3.27. The molecule has 0 aliphatic heterocycles. The fraction of sp³-hybridized carbons (Fsp3) is 0.105. The summed E-state index contributed by atoms with van der Waals surface area (Å²) in [5.74, 6) is 0.650. The highest BCUT2D eigenvalue weighted by atomic mass is 32.1. The van der Waals surface area contributed by atoms with Crippen LogP contribution in [0.4, 0.5) is 0 Å². The van der Waals surface area contributed by atoms with Gasteiger partial charge in [-0.1, -0.05) is 12.1 Å². The molecule has 1 N–H and O–H groups in total. The molecule has 0 radical (unpaired) electrons. The van der Waals surface area contributed by atoms with Crippen LogP contribution in [0.3, 0.4) is 0 Å². The van der Waals surface area contributed by atoms with E-state index in [0.717, 1.165) is 16.0 Å². The van der Waals surface area contributed by atoms with E-state index in [2.05, 4.69) is 5.43 Å². The van der Waals surface area contributed by atoms with Crippen molar-refractivity contribution in [3.05, 3.63) is 74.5 Å². The van der Waals surface area contributed by atoms with Crippen molar-refractivity contribution in [2.24, 2.45) is 0 Å². The Morgan fingerprint density at radius 1 is 1.07 bits per heavy atom. The Labute approximate surface area is 164 Å². The Bertz CT molecular complexity index is 1060. The lowest BCUT2D eigenvalue weighted by molar-refractivity contribution is 0.100. The average Bonchev–Trinajstić information content (AvgIpc) is 2.70. The number of hydrogen-bond acceptors (Lipinski definition) is 6. The summed E-state index contributed by atoms with van der Waals surface area (Å²) in [6.45, 7) is 0. The number of ether oxygens (including phenoxy) is 2. The van der Waals surface area contributed by atoms with Gasteiger partial charge in [0.1, 0.15) is 11.5 Å². The fourth-order valence-electron chi connectivity index (χ4n) is 2.43. The molecule has 6 nitrogen and oxygen atoms in total. The minimum absolute atomic E-state index is 0.233. The van der Waals surface area contributed by atoms with Crippen LogP contribution >= 0.6 is 23.6 Å². The Balaban J connectivity index is 1.92. The molecule has 0 bridgehead atoms. The minimum Gasteiger partial charge on any atom is -0.497 e. The lowest BCUT2D eigenvalue weighted by Crippen LogP contribution is -2.33. The van der Waals surface area contributed by atoms with Crippen LogP contribution in [0.15, 0.2) is 59.4 Å². The lowest BCUT2D eigenvalue weighted by Gasteiger charge is -2.11. The van der Waals surface area contributed by atoms with Crippen molar-refractivity contribution in [3.8, 4) is 21.9 Å². The van der Waals surface area contributed by atoms with E-state index in [1.165, 1.54) is 24.5 Å². The number of methoxy groups -OCH3 is 2. The van der Waals surface area contributed by atoms with Gasteiger partial charge in [0.25, 0.3) is 11.5 Å². The van der Waals surface area contributed by atoms with Crippen molar-refractivity contribution in [2.45, 2.75) is 0 Å². The molecule has 138 valence electrons. The van der Waals surface area contributed by atoms with Crippen molar-refractivity contribution in [3.63, 3.8) is 0 Å². The van der Waals surface area contributed by atoms with E-state index in [0.29, 0.717) is 16.2 Å². The molecule has 1 amide bonds. The molecule has 0 saturated heterocycles. The molecule has 0 fully saturated rings. The van der Waals surface area contributed by atoms with E-state index < -0.39 is 11.5 Å². The van der Waals surface area contributed by atoms with E-state index >= 15 is 0 Å². The van der Waals surface area contributed by atoms with Gasteiger partial charge in [0.05, 0.1) is 19.8 Å². The minimum atomic E-state index is -0.481. The van der Waals surface area contributed by atoms with Crippen molar-refractivity contribution in [1.29, 1.82) is 0 Å². The molecule has 8 heteroatoms. The number of hydrogen-bond donors (Lipinski definition) is 1. The molecule has 0 aliphatic rings. The Morgan fingerprint density at radius 3 is 2.41 bits per heavy atom. The van der Waals surface area contributed by atoms with Crippen LogP contribution in [0.1, 0.15) is 10.4 Å². The van der Waals surface area contributed by atoms with Gasteiger partial charge in [-0.15, -0.1) is 11.3 Å². The average molecular weight is 400 g/mol. The molecule has 3 rings (SSSR count). The summed E-state index contributed by atoms with van der Waals surface area (Å²) in [4.78, 5) is 25.7. The van der Waals surface area contributed by atoms with E-state index in [9.17, 15) is 9.59 Å². The van der Waals surface area contributed by atoms with Gasteiger partial charge >= 0.3 is 0 Å². The number of nitrogens with one attached hydrogen (secondary N) is 1. The fourth-order valence-corrected chi connectivity index (χ4v) is 3.66.